The number of aromatic hydroxyl groups is 2. The normalized spacial score (nSPS) is 15.1. The molecule has 0 aliphatic carbocycles. The number of hydrogen-bond acceptors (Lipinski definition) is 2. The SMILES string of the molecule is CCC[C@@H](C)c1cc(O)ccc1C(C)(CC(C)C)c1ccc(O)cc1. The van der Waals surface area contributed by atoms with Crippen molar-refractivity contribution in [2.45, 2.75) is 65.2 Å². The van der Waals surface area contributed by atoms with Crippen molar-refractivity contribution in [3.63, 3.8) is 0 Å². The summed E-state index contributed by atoms with van der Waals surface area (Å²) in [7, 11) is 0. The molecule has 0 saturated heterocycles. The maximum atomic E-state index is 10.1. The van der Waals surface area contributed by atoms with Crippen molar-refractivity contribution in [2.24, 2.45) is 5.92 Å². The molecule has 0 fully saturated rings. The predicted octanol–water partition coefficient (Wildman–Crippen LogP) is 6.35. The molecule has 0 heterocycles. The lowest BCUT2D eigenvalue weighted by molar-refractivity contribution is 0.419. The first-order valence-electron chi connectivity index (χ1n) is 9.40. The van der Waals surface area contributed by atoms with Crippen LogP contribution in [-0.4, -0.2) is 10.2 Å². The molecule has 25 heavy (non-hydrogen) atoms. The minimum atomic E-state index is -0.160. The Morgan fingerprint density at radius 3 is 2.08 bits per heavy atom. The van der Waals surface area contributed by atoms with Gasteiger partial charge >= 0.3 is 0 Å². The van der Waals surface area contributed by atoms with Crippen LogP contribution < -0.4 is 0 Å². The number of phenolic OH excluding ortho intramolecular Hbond substituents is 2. The Balaban J connectivity index is 2.64. The number of benzene rings is 2. The zero-order valence-electron chi connectivity index (χ0n) is 16.2. The standard InChI is InChI=1S/C23H32O2/c1-6-7-17(4)21-14-20(25)12-13-22(21)23(5,15-16(2)3)18-8-10-19(24)11-9-18/h8-14,16-17,24-25H,6-7,15H2,1-5H3/t17-,23?/m1/s1. The fourth-order valence-corrected chi connectivity index (χ4v) is 4.08. The Labute approximate surface area is 152 Å². The van der Waals surface area contributed by atoms with Gasteiger partial charge in [-0.3, -0.25) is 0 Å². The van der Waals surface area contributed by atoms with Gasteiger partial charge in [0.2, 0.25) is 0 Å². The highest BCUT2D eigenvalue weighted by atomic mass is 16.3. The van der Waals surface area contributed by atoms with E-state index in [1.807, 2.05) is 18.2 Å². The lowest BCUT2D eigenvalue weighted by Gasteiger charge is -2.36. The second-order valence-corrected chi connectivity index (χ2v) is 7.94. The van der Waals surface area contributed by atoms with Gasteiger partial charge < -0.3 is 10.2 Å². The smallest absolute Gasteiger partial charge is 0.115 e. The third-order valence-electron chi connectivity index (χ3n) is 5.20. The molecule has 0 amide bonds. The van der Waals surface area contributed by atoms with Crippen LogP contribution in [-0.2, 0) is 5.41 Å². The van der Waals surface area contributed by atoms with Crippen LogP contribution in [0.2, 0.25) is 0 Å². The van der Waals surface area contributed by atoms with Gasteiger partial charge in [-0.1, -0.05) is 59.2 Å². The van der Waals surface area contributed by atoms with E-state index in [2.05, 4.69) is 40.7 Å². The second kappa shape index (κ2) is 7.95. The van der Waals surface area contributed by atoms with Gasteiger partial charge in [0.05, 0.1) is 0 Å². The average Bonchev–Trinajstić information content (AvgIpc) is 2.54. The van der Waals surface area contributed by atoms with Gasteiger partial charge in [0.1, 0.15) is 11.5 Å². The molecule has 0 spiro atoms. The zero-order chi connectivity index (χ0) is 18.6. The van der Waals surface area contributed by atoms with Gasteiger partial charge in [-0.25, -0.2) is 0 Å². The lowest BCUT2D eigenvalue weighted by Crippen LogP contribution is -2.27. The molecule has 2 rings (SSSR count). The fraction of sp³-hybridized carbons (Fsp3) is 0.478. The van der Waals surface area contributed by atoms with Crippen molar-refractivity contribution >= 4 is 0 Å². The van der Waals surface area contributed by atoms with Crippen LogP contribution in [0.15, 0.2) is 42.5 Å². The second-order valence-electron chi connectivity index (χ2n) is 7.94. The molecule has 0 bridgehead atoms. The quantitative estimate of drug-likeness (QED) is 0.616. The van der Waals surface area contributed by atoms with E-state index in [-0.39, 0.29) is 5.41 Å². The van der Waals surface area contributed by atoms with Gasteiger partial charge in [-0.05, 0) is 65.6 Å². The molecule has 2 N–H and O–H groups in total. The molecule has 2 atom stereocenters. The van der Waals surface area contributed by atoms with Gasteiger partial charge in [0, 0.05) is 5.41 Å². The molecule has 0 radical (unpaired) electrons. The van der Waals surface area contributed by atoms with Crippen molar-refractivity contribution in [3.05, 3.63) is 59.2 Å². The van der Waals surface area contributed by atoms with Crippen LogP contribution in [0.3, 0.4) is 0 Å². The Hall–Kier alpha value is -1.96. The molecule has 2 aromatic rings. The molecular formula is C23H32O2. The summed E-state index contributed by atoms with van der Waals surface area (Å²) < 4.78 is 0. The summed E-state index contributed by atoms with van der Waals surface area (Å²) >= 11 is 0. The summed E-state index contributed by atoms with van der Waals surface area (Å²) in [4.78, 5) is 0. The first kappa shape index (κ1) is 19.4. The van der Waals surface area contributed by atoms with Crippen molar-refractivity contribution in [3.8, 4) is 11.5 Å². The highest BCUT2D eigenvalue weighted by Gasteiger charge is 2.33. The van der Waals surface area contributed by atoms with E-state index in [9.17, 15) is 10.2 Å². The topological polar surface area (TPSA) is 40.5 Å². The first-order chi connectivity index (χ1) is 11.8. The van der Waals surface area contributed by atoms with Crippen molar-refractivity contribution in [2.75, 3.05) is 0 Å². The van der Waals surface area contributed by atoms with Crippen LogP contribution in [0.4, 0.5) is 0 Å². The minimum Gasteiger partial charge on any atom is -0.508 e. The number of hydrogen-bond donors (Lipinski definition) is 2. The lowest BCUT2D eigenvalue weighted by atomic mass is 9.68. The third-order valence-corrected chi connectivity index (χ3v) is 5.20. The molecule has 0 saturated carbocycles. The Morgan fingerprint density at radius 2 is 1.52 bits per heavy atom. The van der Waals surface area contributed by atoms with Crippen LogP contribution in [0.1, 0.15) is 76.5 Å². The molecule has 2 nitrogen and oxygen atoms in total. The average molecular weight is 341 g/mol. The van der Waals surface area contributed by atoms with Crippen molar-refractivity contribution in [1.82, 2.24) is 0 Å². The molecule has 0 aliphatic rings. The summed E-state index contributed by atoms with van der Waals surface area (Å²) in [6, 6.07) is 13.4. The highest BCUT2D eigenvalue weighted by molar-refractivity contribution is 5.48. The molecule has 0 aliphatic heterocycles. The van der Waals surface area contributed by atoms with Crippen LogP contribution in [0.5, 0.6) is 11.5 Å². The molecule has 136 valence electrons. The van der Waals surface area contributed by atoms with E-state index < -0.39 is 0 Å². The van der Waals surface area contributed by atoms with Crippen molar-refractivity contribution < 1.29 is 10.2 Å². The van der Waals surface area contributed by atoms with Crippen LogP contribution in [0, 0.1) is 5.92 Å². The van der Waals surface area contributed by atoms with E-state index in [1.54, 1.807) is 18.2 Å². The molecule has 2 heteroatoms. The van der Waals surface area contributed by atoms with E-state index >= 15 is 0 Å². The Kier molecular flexibility index (Phi) is 6.16. The van der Waals surface area contributed by atoms with E-state index in [0.717, 1.165) is 19.3 Å². The maximum absolute atomic E-state index is 10.1. The summed E-state index contributed by atoms with van der Waals surface area (Å²) in [5.41, 5.74) is 3.56. The van der Waals surface area contributed by atoms with Gasteiger partial charge in [-0.2, -0.15) is 0 Å². The van der Waals surface area contributed by atoms with E-state index in [4.69, 9.17) is 0 Å². The van der Waals surface area contributed by atoms with Crippen molar-refractivity contribution in [1.29, 1.82) is 0 Å². The maximum Gasteiger partial charge on any atom is 0.115 e. The summed E-state index contributed by atoms with van der Waals surface area (Å²) in [5.74, 6) is 1.55. The van der Waals surface area contributed by atoms with Crippen LogP contribution in [0.25, 0.3) is 0 Å². The first-order valence-corrected chi connectivity index (χ1v) is 9.40. The number of phenols is 2. The van der Waals surface area contributed by atoms with Gasteiger partial charge in [0.15, 0.2) is 0 Å². The number of rotatable bonds is 7. The summed E-state index contributed by atoms with van der Waals surface area (Å²) in [6.07, 6.45) is 3.23. The fourth-order valence-electron chi connectivity index (χ4n) is 4.08. The van der Waals surface area contributed by atoms with Gasteiger partial charge in [0.25, 0.3) is 0 Å². The van der Waals surface area contributed by atoms with Gasteiger partial charge in [-0.15, -0.1) is 0 Å². The van der Waals surface area contributed by atoms with Crippen LogP contribution >= 0.6 is 0 Å². The van der Waals surface area contributed by atoms with E-state index in [1.165, 1.54) is 16.7 Å². The Bertz CT molecular complexity index is 688. The molecule has 1 unspecified atom stereocenters. The largest absolute Gasteiger partial charge is 0.508 e. The predicted molar refractivity (Wildman–Crippen MR) is 105 cm³/mol. The zero-order valence-corrected chi connectivity index (χ0v) is 16.2. The summed E-state index contributed by atoms with van der Waals surface area (Å²) in [6.45, 7) is 11.2. The molecular weight excluding hydrogens is 308 g/mol. The third kappa shape index (κ3) is 4.36. The highest BCUT2D eigenvalue weighted by Crippen LogP contribution is 2.43. The minimum absolute atomic E-state index is 0.160. The monoisotopic (exact) mass is 340 g/mol. The van der Waals surface area contributed by atoms with E-state index in [0.29, 0.717) is 23.3 Å². The molecule has 0 aromatic heterocycles. The summed E-state index contributed by atoms with van der Waals surface area (Å²) in [5, 5.41) is 19.8. The molecule has 2 aromatic carbocycles. The Morgan fingerprint density at radius 1 is 0.920 bits per heavy atom.